The van der Waals surface area contributed by atoms with Gasteiger partial charge in [-0.15, -0.1) is 0 Å². The predicted octanol–water partition coefficient (Wildman–Crippen LogP) is 3.59. The number of fused-ring (bicyclic) bond motifs is 2. The van der Waals surface area contributed by atoms with Crippen LogP contribution in [0.4, 0.5) is 0 Å². The summed E-state index contributed by atoms with van der Waals surface area (Å²) in [6, 6.07) is 10.7. The Labute approximate surface area is 122 Å². The first-order valence-electron chi connectivity index (χ1n) is 7.77. The second-order valence-corrected chi connectivity index (χ2v) is 7.24. The molecule has 2 bridgehead atoms. The lowest BCUT2D eigenvalue weighted by molar-refractivity contribution is -0.161. The molecule has 2 nitrogen and oxygen atoms in total. The molecule has 3 aliphatic rings. The van der Waals surface area contributed by atoms with Crippen LogP contribution in [0.5, 0.6) is 0 Å². The largest absolute Gasteiger partial charge is 0.301 e. The summed E-state index contributed by atoms with van der Waals surface area (Å²) in [6.07, 6.45) is 1.21. The lowest BCUT2D eigenvalue weighted by Crippen LogP contribution is -2.66. The minimum atomic E-state index is 0.0280. The molecule has 3 fully saturated rings. The van der Waals surface area contributed by atoms with E-state index >= 15 is 0 Å². The number of rotatable bonds is 3. The fourth-order valence-corrected chi connectivity index (χ4v) is 4.40. The van der Waals surface area contributed by atoms with Gasteiger partial charge in [0, 0.05) is 12.0 Å². The van der Waals surface area contributed by atoms with Gasteiger partial charge in [-0.3, -0.25) is 4.79 Å². The highest BCUT2D eigenvalue weighted by molar-refractivity contribution is 5.89. The SMILES string of the molecule is CC(N[C@@H]1C(=O)[C@H](C)[C@H]2C[C@@H]1C2(C)C)c1ccccc1. The Hall–Kier alpha value is -1.15. The fourth-order valence-electron chi connectivity index (χ4n) is 4.40. The van der Waals surface area contributed by atoms with Crippen LogP contribution < -0.4 is 5.32 Å². The number of hydrogen-bond acceptors (Lipinski definition) is 2. The van der Waals surface area contributed by atoms with Crippen LogP contribution in [0.25, 0.3) is 0 Å². The molecule has 0 amide bonds. The molecule has 0 aromatic heterocycles. The van der Waals surface area contributed by atoms with Gasteiger partial charge in [0.15, 0.2) is 5.78 Å². The second kappa shape index (κ2) is 4.70. The van der Waals surface area contributed by atoms with Crippen molar-refractivity contribution in [2.75, 3.05) is 0 Å². The van der Waals surface area contributed by atoms with E-state index in [1.165, 1.54) is 12.0 Å². The summed E-state index contributed by atoms with van der Waals surface area (Å²) in [5.41, 5.74) is 1.56. The molecule has 1 N–H and O–H groups in total. The van der Waals surface area contributed by atoms with Crippen molar-refractivity contribution in [3.8, 4) is 0 Å². The number of hydrogen-bond donors (Lipinski definition) is 1. The maximum Gasteiger partial charge on any atom is 0.153 e. The van der Waals surface area contributed by atoms with Gasteiger partial charge in [-0.05, 0) is 36.2 Å². The van der Waals surface area contributed by atoms with E-state index in [1.807, 2.05) is 6.07 Å². The average molecular weight is 271 g/mol. The molecule has 5 atom stereocenters. The maximum atomic E-state index is 12.6. The van der Waals surface area contributed by atoms with Crippen molar-refractivity contribution in [1.82, 2.24) is 5.32 Å². The molecule has 0 radical (unpaired) electrons. The van der Waals surface area contributed by atoms with Crippen LogP contribution in [0.1, 0.15) is 45.7 Å². The summed E-state index contributed by atoms with van der Waals surface area (Å²) >= 11 is 0. The van der Waals surface area contributed by atoms with Crippen molar-refractivity contribution in [3.05, 3.63) is 35.9 Å². The van der Waals surface area contributed by atoms with Crippen LogP contribution in [0.2, 0.25) is 0 Å². The molecule has 3 aliphatic carbocycles. The number of carbonyl (C=O) groups is 1. The van der Waals surface area contributed by atoms with Crippen LogP contribution in [0.3, 0.4) is 0 Å². The summed E-state index contributed by atoms with van der Waals surface area (Å²) in [4.78, 5) is 12.6. The lowest BCUT2D eigenvalue weighted by Gasteiger charge is -2.62. The Morgan fingerprint density at radius 1 is 1.20 bits per heavy atom. The average Bonchev–Trinajstić information content (AvgIpc) is 2.43. The van der Waals surface area contributed by atoms with E-state index < -0.39 is 0 Å². The number of nitrogens with one attached hydrogen (secondary N) is 1. The highest BCUT2D eigenvalue weighted by Gasteiger charge is 2.60. The molecule has 1 aromatic rings. The van der Waals surface area contributed by atoms with E-state index in [0.717, 1.165) is 0 Å². The third-order valence-electron chi connectivity index (χ3n) is 5.91. The Balaban J connectivity index is 1.78. The van der Waals surface area contributed by atoms with Crippen LogP contribution in [0, 0.1) is 23.2 Å². The molecule has 0 heterocycles. The van der Waals surface area contributed by atoms with Crippen molar-refractivity contribution in [2.24, 2.45) is 23.2 Å². The molecule has 2 heteroatoms. The van der Waals surface area contributed by atoms with Gasteiger partial charge >= 0.3 is 0 Å². The first-order chi connectivity index (χ1) is 9.43. The second-order valence-electron chi connectivity index (χ2n) is 7.24. The van der Waals surface area contributed by atoms with Gasteiger partial charge in [0.2, 0.25) is 0 Å². The standard InChI is InChI=1S/C18H25NO/c1-11-14-10-15(18(14,3)4)16(17(11)20)19-12(2)13-8-6-5-7-9-13/h5-9,11-12,14-16,19H,10H2,1-4H3/t11-,12?,14-,15+,16+/m1/s1. The number of Topliss-reactive ketones (excluding diaryl/α,β-unsaturated/α-hetero) is 1. The zero-order chi connectivity index (χ0) is 14.5. The zero-order valence-corrected chi connectivity index (χ0v) is 12.9. The Bertz CT molecular complexity index is 507. The Kier molecular flexibility index (Phi) is 3.24. The van der Waals surface area contributed by atoms with Gasteiger partial charge in [0.05, 0.1) is 6.04 Å². The van der Waals surface area contributed by atoms with Crippen molar-refractivity contribution < 1.29 is 4.79 Å². The summed E-state index contributed by atoms with van der Waals surface area (Å²) in [6.45, 7) is 8.93. The quantitative estimate of drug-likeness (QED) is 0.910. The van der Waals surface area contributed by atoms with Crippen molar-refractivity contribution in [3.63, 3.8) is 0 Å². The number of ketones is 1. The molecule has 0 saturated heterocycles. The van der Waals surface area contributed by atoms with Gasteiger partial charge in [-0.25, -0.2) is 0 Å². The van der Waals surface area contributed by atoms with E-state index in [0.29, 0.717) is 23.0 Å². The van der Waals surface area contributed by atoms with Gasteiger partial charge in [-0.1, -0.05) is 51.1 Å². The molecular weight excluding hydrogens is 246 g/mol. The topological polar surface area (TPSA) is 29.1 Å². The number of benzene rings is 1. The first-order valence-corrected chi connectivity index (χ1v) is 7.77. The highest BCUT2D eigenvalue weighted by Crippen LogP contribution is 2.60. The minimum absolute atomic E-state index is 0.0280. The van der Waals surface area contributed by atoms with Crippen molar-refractivity contribution in [2.45, 2.75) is 46.2 Å². The van der Waals surface area contributed by atoms with Gasteiger partial charge in [0.1, 0.15) is 0 Å². The first kappa shape index (κ1) is 13.8. The molecule has 3 saturated carbocycles. The van der Waals surface area contributed by atoms with Crippen LogP contribution in [0.15, 0.2) is 30.3 Å². The van der Waals surface area contributed by atoms with E-state index in [9.17, 15) is 4.79 Å². The summed E-state index contributed by atoms with van der Waals surface area (Å²) in [5, 5.41) is 3.61. The molecule has 4 rings (SSSR count). The summed E-state index contributed by atoms with van der Waals surface area (Å²) in [7, 11) is 0. The molecule has 108 valence electrons. The normalized spacial score (nSPS) is 36.3. The summed E-state index contributed by atoms with van der Waals surface area (Å²) in [5.74, 6) is 1.72. The van der Waals surface area contributed by atoms with E-state index in [4.69, 9.17) is 0 Å². The maximum absolute atomic E-state index is 12.6. The monoisotopic (exact) mass is 271 g/mol. The molecule has 1 unspecified atom stereocenters. The van der Waals surface area contributed by atoms with Crippen LogP contribution in [-0.2, 0) is 4.79 Å². The smallest absolute Gasteiger partial charge is 0.153 e. The van der Waals surface area contributed by atoms with E-state index in [1.54, 1.807) is 0 Å². The number of carbonyl (C=O) groups excluding carboxylic acids is 1. The molecule has 1 aromatic carbocycles. The molecule has 0 aliphatic heterocycles. The third-order valence-corrected chi connectivity index (χ3v) is 5.91. The fraction of sp³-hybridized carbons (Fsp3) is 0.611. The lowest BCUT2D eigenvalue weighted by atomic mass is 9.44. The predicted molar refractivity (Wildman–Crippen MR) is 81.3 cm³/mol. The van der Waals surface area contributed by atoms with E-state index in [2.05, 4.69) is 57.3 Å². The van der Waals surface area contributed by atoms with E-state index in [-0.39, 0.29) is 18.0 Å². The molecular formula is C18H25NO. The Morgan fingerprint density at radius 2 is 1.85 bits per heavy atom. The minimum Gasteiger partial charge on any atom is -0.301 e. The highest BCUT2D eigenvalue weighted by atomic mass is 16.1. The molecule has 0 spiro atoms. The third kappa shape index (κ3) is 1.93. The zero-order valence-electron chi connectivity index (χ0n) is 12.9. The van der Waals surface area contributed by atoms with Crippen LogP contribution in [-0.4, -0.2) is 11.8 Å². The van der Waals surface area contributed by atoms with Crippen LogP contribution >= 0.6 is 0 Å². The van der Waals surface area contributed by atoms with Gasteiger partial charge < -0.3 is 5.32 Å². The van der Waals surface area contributed by atoms with Gasteiger partial charge in [0.25, 0.3) is 0 Å². The van der Waals surface area contributed by atoms with Crippen molar-refractivity contribution in [1.29, 1.82) is 0 Å². The summed E-state index contributed by atoms with van der Waals surface area (Å²) < 4.78 is 0. The van der Waals surface area contributed by atoms with Gasteiger partial charge in [-0.2, -0.15) is 0 Å². The molecule has 20 heavy (non-hydrogen) atoms. The Morgan fingerprint density at radius 3 is 2.45 bits per heavy atom. The van der Waals surface area contributed by atoms with Crippen molar-refractivity contribution >= 4 is 5.78 Å².